The zero-order valence-electron chi connectivity index (χ0n) is 5.63. The molecule has 0 amide bonds. The van der Waals surface area contributed by atoms with Gasteiger partial charge in [0.05, 0.1) is 0 Å². The predicted octanol–water partition coefficient (Wildman–Crippen LogP) is -0.195. The molecule has 0 aromatic heterocycles. The second-order valence-electron chi connectivity index (χ2n) is 1.41. The summed E-state index contributed by atoms with van der Waals surface area (Å²) in [5.41, 5.74) is 0. The normalized spacial score (nSPS) is 12.4. The third-order valence-corrected chi connectivity index (χ3v) is 1.99. The number of rotatable bonds is 4. The predicted molar refractivity (Wildman–Crippen MR) is 43.2 cm³/mol. The van der Waals surface area contributed by atoms with Crippen molar-refractivity contribution in [2.45, 2.75) is 13.8 Å². The molecule has 6 heteroatoms. The molecule has 0 aliphatic rings. The van der Waals surface area contributed by atoms with Crippen molar-refractivity contribution in [2.75, 3.05) is 13.2 Å². The van der Waals surface area contributed by atoms with Gasteiger partial charge in [-0.2, -0.15) is 0 Å². The third kappa shape index (κ3) is 7.38. The molecule has 0 heterocycles. The monoisotopic (exact) mass is 180 g/mol. The van der Waals surface area contributed by atoms with Crippen molar-refractivity contribution in [3.05, 3.63) is 0 Å². The van der Waals surface area contributed by atoms with Crippen LogP contribution in [0.3, 0.4) is 0 Å². The fourth-order valence-electron chi connectivity index (χ4n) is 0.418. The summed E-state index contributed by atoms with van der Waals surface area (Å²) in [4.78, 5) is 17.5. The topological polar surface area (TPSA) is 58.9 Å². The number of hydrogen-bond acceptors (Lipinski definition) is 4. The summed E-state index contributed by atoms with van der Waals surface area (Å²) < 4.78 is 8.99. The van der Waals surface area contributed by atoms with Crippen LogP contribution in [0.25, 0.3) is 0 Å². The zero-order valence-corrected chi connectivity index (χ0v) is 6.63. The van der Waals surface area contributed by atoms with Gasteiger partial charge in [-0.05, 0) is 0 Å². The second kappa shape index (κ2) is 6.95. The van der Waals surface area contributed by atoms with E-state index in [2.05, 4.69) is 9.05 Å². The maximum absolute atomic E-state index is 8.76. The summed E-state index contributed by atoms with van der Waals surface area (Å²) >= 11 is 0. The summed E-state index contributed by atoms with van der Waals surface area (Å²) in [5, 5.41) is 0. The Hall–Kier alpha value is 1.27. The van der Waals surface area contributed by atoms with E-state index in [1.807, 2.05) is 0 Å². The average Bonchev–Trinajstić information content (AvgIpc) is 1.64. The van der Waals surface area contributed by atoms with Gasteiger partial charge in [0.15, 0.2) is 0 Å². The van der Waals surface area contributed by atoms with E-state index in [-0.39, 0.29) is 42.8 Å². The molecule has 0 atom stereocenters. The molecule has 10 heavy (non-hydrogen) atoms. The van der Waals surface area contributed by atoms with Crippen LogP contribution < -0.4 is 0 Å². The molecular formula is C4H14NaO4P. The quantitative estimate of drug-likeness (QED) is 0.465. The van der Waals surface area contributed by atoms with E-state index in [1.165, 1.54) is 0 Å². The van der Waals surface area contributed by atoms with Crippen LogP contribution >= 0.6 is 8.17 Å². The van der Waals surface area contributed by atoms with Gasteiger partial charge >= 0.3 is 83.6 Å². The molecule has 0 aromatic rings. The molecule has 0 aliphatic heterocycles. The Labute approximate surface area is 83.5 Å². The van der Waals surface area contributed by atoms with Crippen LogP contribution in [0.2, 0.25) is 0 Å². The molecule has 0 rings (SSSR count). The van der Waals surface area contributed by atoms with E-state index in [4.69, 9.17) is 9.79 Å². The second-order valence-corrected chi connectivity index (χ2v) is 3.09. The molecule has 0 spiro atoms. The summed E-state index contributed by atoms with van der Waals surface area (Å²) in [6, 6.07) is 0. The first-order chi connectivity index (χ1) is 4.12. The van der Waals surface area contributed by atoms with Crippen LogP contribution in [0.4, 0.5) is 0 Å². The maximum atomic E-state index is 8.76. The van der Waals surface area contributed by atoms with E-state index in [1.54, 1.807) is 13.8 Å². The van der Waals surface area contributed by atoms with Crippen molar-refractivity contribution in [2.24, 2.45) is 0 Å². The summed E-state index contributed by atoms with van der Waals surface area (Å²) in [6.07, 6.45) is 0. The Morgan fingerprint density at radius 1 is 1.10 bits per heavy atom. The Bertz CT molecular complexity index is 71.7. The van der Waals surface area contributed by atoms with Crippen molar-refractivity contribution in [1.82, 2.24) is 0 Å². The molecule has 0 fully saturated rings. The van der Waals surface area contributed by atoms with Crippen molar-refractivity contribution < 1.29 is 18.8 Å². The Morgan fingerprint density at radius 2 is 1.40 bits per heavy atom. The molecule has 4 nitrogen and oxygen atoms in total. The molecule has 60 valence electrons. The first-order valence-corrected chi connectivity index (χ1v) is 4.56. The van der Waals surface area contributed by atoms with Crippen molar-refractivity contribution in [1.29, 1.82) is 0 Å². The van der Waals surface area contributed by atoms with Crippen LogP contribution in [-0.4, -0.2) is 52.6 Å². The molecule has 0 radical (unpaired) electrons. The van der Waals surface area contributed by atoms with Crippen LogP contribution in [0.1, 0.15) is 13.8 Å². The van der Waals surface area contributed by atoms with E-state index >= 15 is 0 Å². The molecule has 0 saturated heterocycles. The standard InChI is InChI=1S/C4H13O4P.Na.H/c1-3-7-9(5,6)8-4-2;;/h5-6,9H,3-4H2,1-2H3;;. The van der Waals surface area contributed by atoms with Gasteiger partial charge in [-0.3, -0.25) is 0 Å². The van der Waals surface area contributed by atoms with Gasteiger partial charge in [0, 0.05) is 0 Å². The van der Waals surface area contributed by atoms with Crippen molar-refractivity contribution in [3.63, 3.8) is 0 Å². The molecular weight excluding hydrogens is 166 g/mol. The summed E-state index contributed by atoms with van der Waals surface area (Å²) in [7, 11) is -3.70. The first kappa shape index (κ1) is 13.8. The van der Waals surface area contributed by atoms with Crippen molar-refractivity contribution >= 4 is 37.7 Å². The van der Waals surface area contributed by atoms with E-state index in [9.17, 15) is 0 Å². The van der Waals surface area contributed by atoms with Crippen LogP contribution in [0.15, 0.2) is 0 Å². The molecule has 0 aliphatic carbocycles. The Kier molecular flexibility index (Phi) is 9.61. The zero-order chi connectivity index (χ0) is 7.33. The van der Waals surface area contributed by atoms with Crippen LogP contribution in [-0.2, 0) is 9.05 Å². The SMILES string of the molecule is CCO[PH](O)(O)OCC.[NaH]. The fourth-order valence-corrected chi connectivity index (χ4v) is 1.25. The van der Waals surface area contributed by atoms with Gasteiger partial charge in [-0.15, -0.1) is 0 Å². The summed E-state index contributed by atoms with van der Waals surface area (Å²) in [6.45, 7) is 3.87. The van der Waals surface area contributed by atoms with Gasteiger partial charge in [0.1, 0.15) is 0 Å². The van der Waals surface area contributed by atoms with Gasteiger partial charge in [0.2, 0.25) is 0 Å². The summed E-state index contributed by atoms with van der Waals surface area (Å²) in [5.74, 6) is 0. The van der Waals surface area contributed by atoms with E-state index in [0.29, 0.717) is 0 Å². The molecule has 0 bridgehead atoms. The Balaban J connectivity index is 0. The third-order valence-electron chi connectivity index (χ3n) is 0.665. The minimum absolute atomic E-state index is 0. The van der Waals surface area contributed by atoms with Crippen LogP contribution in [0, 0.1) is 0 Å². The van der Waals surface area contributed by atoms with E-state index in [0.717, 1.165) is 0 Å². The molecule has 0 unspecified atom stereocenters. The molecule has 0 saturated carbocycles. The van der Waals surface area contributed by atoms with Gasteiger partial charge in [-0.25, -0.2) is 0 Å². The van der Waals surface area contributed by atoms with Crippen LogP contribution in [0.5, 0.6) is 0 Å². The fraction of sp³-hybridized carbons (Fsp3) is 1.00. The molecule has 2 N–H and O–H groups in total. The average molecular weight is 180 g/mol. The van der Waals surface area contributed by atoms with Gasteiger partial charge < -0.3 is 0 Å². The van der Waals surface area contributed by atoms with E-state index < -0.39 is 8.17 Å². The number of hydrogen-bond donors (Lipinski definition) is 2. The molecule has 0 aromatic carbocycles. The minimum atomic E-state index is -3.70. The Morgan fingerprint density at radius 3 is 1.60 bits per heavy atom. The van der Waals surface area contributed by atoms with Gasteiger partial charge in [0.25, 0.3) is 0 Å². The van der Waals surface area contributed by atoms with Crippen molar-refractivity contribution in [3.8, 4) is 0 Å². The first-order valence-electron chi connectivity index (χ1n) is 2.85. The van der Waals surface area contributed by atoms with Gasteiger partial charge in [-0.1, -0.05) is 0 Å².